The van der Waals surface area contributed by atoms with E-state index in [0.717, 1.165) is 0 Å². The number of fused-ring (bicyclic) bond motifs is 20. The second-order valence-corrected chi connectivity index (χ2v) is 10.7. The number of phenolic OH excluding ortho intramolecular Hbond substituents is 5. The lowest BCUT2D eigenvalue weighted by molar-refractivity contribution is 0.408. The Morgan fingerprint density at radius 1 is 0.413 bits per heavy atom. The van der Waals surface area contributed by atoms with Gasteiger partial charge in [-0.25, -0.2) is 29.9 Å². The summed E-state index contributed by atoms with van der Waals surface area (Å²) >= 11 is 0. The summed E-state index contributed by atoms with van der Waals surface area (Å²) in [4.78, 5) is 34.9. The zero-order chi connectivity index (χ0) is 30.6. The predicted molar refractivity (Wildman–Crippen MR) is 174 cm³/mol. The number of nitrogens with zero attached hydrogens (tertiary/aromatic N) is 6. The fraction of sp³-hybridized carbons (Fsp3) is 0. The van der Waals surface area contributed by atoms with Crippen molar-refractivity contribution in [2.45, 2.75) is 0 Å². The molecule has 14 heteroatoms. The number of aromatic hydroxyl groups is 5. The largest absolute Gasteiger partial charge is 0.508 e. The summed E-state index contributed by atoms with van der Waals surface area (Å²) in [5.74, 6) is 0.291. The molecule has 2 aliphatic rings. The Kier molecular flexibility index (Phi) is 5.72. The van der Waals surface area contributed by atoms with Crippen LogP contribution in [0, 0.1) is 0 Å². The zero-order valence-corrected chi connectivity index (χ0v) is 22.8. The van der Waals surface area contributed by atoms with Crippen molar-refractivity contribution in [1.29, 1.82) is 0 Å². The van der Waals surface area contributed by atoms with Crippen LogP contribution in [0.1, 0.15) is 0 Å². The third-order valence-corrected chi connectivity index (χ3v) is 7.90. The third-order valence-electron chi connectivity index (χ3n) is 7.90. The molecule has 0 fully saturated rings. The molecule has 4 aromatic carbocycles. The number of aromatic amines is 2. The summed E-state index contributed by atoms with van der Waals surface area (Å²) in [6, 6.07) is 17.2. The summed E-state index contributed by atoms with van der Waals surface area (Å²) in [6.07, 6.45) is 0. The minimum absolute atomic E-state index is 0. The summed E-state index contributed by atoms with van der Waals surface area (Å²) < 4.78 is 0. The lowest BCUT2D eigenvalue weighted by Crippen LogP contribution is -1.83. The standard InChI is InChI=1S/C32H18N8O5.Al.3H/c41-12-1-4-15-19(9-12)29-33-25(15)35-30-21-11-14(43)3-6-17(21)27(37-30)39-32-23-18(7-8-22(44)24(23)45)28(40-32)38-31-20-10-13(42)2-5-16(20)26(34-29)36-31;;;;/h1-11,41-45H,(H2,33,34,35,36,37,38,39,40);;;;. The summed E-state index contributed by atoms with van der Waals surface area (Å²) in [5.41, 5.74) is 3.38. The van der Waals surface area contributed by atoms with Gasteiger partial charge in [-0.1, -0.05) is 0 Å². The number of phenols is 5. The molecule has 0 amide bonds. The first-order valence-electron chi connectivity index (χ1n) is 13.7. The molecule has 0 spiro atoms. The van der Waals surface area contributed by atoms with Crippen LogP contribution in [0.5, 0.6) is 28.7 Å². The first-order valence-corrected chi connectivity index (χ1v) is 13.7. The highest BCUT2D eigenvalue weighted by Crippen LogP contribution is 2.41. The molecule has 9 rings (SSSR count). The summed E-state index contributed by atoms with van der Waals surface area (Å²) in [7, 11) is 0. The van der Waals surface area contributed by atoms with Gasteiger partial charge in [0, 0.05) is 38.4 Å². The molecule has 13 nitrogen and oxygen atoms in total. The average Bonchev–Trinajstić information content (AvgIpc) is 3.73. The second-order valence-electron chi connectivity index (χ2n) is 10.7. The molecule has 2 aliphatic heterocycles. The molecule has 0 saturated heterocycles. The van der Waals surface area contributed by atoms with Gasteiger partial charge >= 0.3 is 0 Å². The van der Waals surface area contributed by atoms with Gasteiger partial charge in [0.2, 0.25) is 0 Å². The van der Waals surface area contributed by atoms with Crippen molar-refractivity contribution in [3.05, 3.63) is 66.7 Å². The monoisotopic (exact) mass is 624 g/mol. The minimum Gasteiger partial charge on any atom is -0.508 e. The molecule has 222 valence electrons. The van der Waals surface area contributed by atoms with Crippen LogP contribution in [0.15, 0.2) is 66.7 Å². The van der Waals surface area contributed by atoms with Crippen molar-refractivity contribution in [2.75, 3.05) is 0 Å². The van der Waals surface area contributed by atoms with E-state index in [1.165, 1.54) is 36.4 Å². The molecule has 0 atom stereocenters. The van der Waals surface area contributed by atoms with Gasteiger partial charge in [-0.3, -0.25) is 0 Å². The average molecular weight is 625 g/mol. The van der Waals surface area contributed by atoms with Crippen molar-refractivity contribution >= 4 is 61.5 Å². The second kappa shape index (κ2) is 9.63. The van der Waals surface area contributed by atoms with Crippen molar-refractivity contribution in [3.8, 4) is 74.3 Å². The van der Waals surface area contributed by atoms with E-state index >= 15 is 0 Å². The molecule has 7 N–H and O–H groups in total. The number of nitrogens with one attached hydrogen (secondary N) is 2. The van der Waals surface area contributed by atoms with Gasteiger partial charge in [0.15, 0.2) is 52.2 Å². The van der Waals surface area contributed by atoms with Gasteiger partial charge < -0.3 is 35.5 Å². The van der Waals surface area contributed by atoms with E-state index in [1.54, 1.807) is 30.3 Å². The van der Waals surface area contributed by atoms with E-state index in [0.29, 0.717) is 55.5 Å². The first-order chi connectivity index (χ1) is 21.8. The Balaban J connectivity index is 0.00000312. The Hall–Kier alpha value is -6.23. The molecule has 46 heavy (non-hydrogen) atoms. The molecule has 0 unspecified atom stereocenters. The zero-order valence-electron chi connectivity index (χ0n) is 22.8. The van der Waals surface area contributed by atoms with Crippen molar-refractivity contribution < 1.29 is 25.5 Å². The van der Waals surface area contributed by atoms with Crippen LogP contribution in [-0.2, 0) is 0 Å². The molecule has 0 aliphatic carbocycles. The van der Waals surface area contributed by atoms with E-state index in [4.69, 9.17) is 29.9 Å². The fourth-order valence-corrected chi connectivity index (χ4v) is 5.82. The molecule has 0 radical (unpaired) electrons. The molecule has 0 saturated carbocycles. The highest BCUT2D eigenvalue weighted by Gasteiger charge is 2.24. The van der Waals surface area contributed by atoms with Crippen LogP contribution < -0.4 is 0 Å². The van der Waals surface area contributed by atoms with E-state index in [1.807, 2.05) is 0 Å². The van der Waals surface area contributed by atoms with Crippen molar-refractivity contribution in [1.82, 2.24) is 39.9 Å². The maximum absolute atomic E-state index is 10.9. The van der Waals surface area contributed by atoms with Crippen LogP contribution in [0.25, 0.3) is 89.7 Å². The van der Waals surface area contributed by atoms with Gasteiger partial charge in [-0.05, 0) is 66.7 Å². The topological polar surface area (TPSA) is 210 Å². The Bertz CT molecular complexity index is 2630. The van der Waals surface area contributed by atoms with E-state index in [-0.39, 0.29) is 74.5 Å². The third kappa shape index (κ3) is 3.95. The highest BCUT2D eigenvalue weighted by molar-refractivity contribution is 6.09. The van der Waals surface area contributed by atoms with Gasteiger partial charge in [0.1, 0.15) is 39.8 Å². The molecule has 7 aromatic rings. The smallest absolute Gasteiger partial charge is 0.187 e. The first kappa shape index (κ1) is 27.3. The molecule has 8 bridgehead atoms. The van der Waals surface area contributed by atoms with Gasteiger partial charge in [0.25, 0.3) is 0 Å². The maximum atomic E-state index is 10.9. The predicted octanol–water partition coefficient (Wildman–Crippen LogP) is 4.21. The van der Waals surface area contributed by atoms with Gasteiger partial charge in [-0.2, -0.15) is 0 Å². The molecular weight excluding hydrogens is 603 g/mol. The number of H-pyrrole nitrogens is 2. The van der Waals surface area contributed by atoms with Crippen molar-refractivity contribution in [2.24, 2.45) is 0 Å². The molecule has 3 aromatic heterocycles. The highest BCUT2D eigenvalue weighted by atomic mass is 27.0. The van der Waals surface area contributed by atoms with Gasteiger partial charge in [0.05, 0.1) is 5.39 Å². The number of aromatic nitrogens is 8. The summed E-state index contributed by atoms with van der Waals surface area (Å²) in [5, 5.41) is 54.2. The Morgan fingerprint density at radius 3 is 1.50 bits per heavy atom. The minimum atomic E-state index is -0.401. The van der Waals surface area contributed by atoms with E-state index in [2.05, 4.69) is 9.97 Å². The summed E-state index contributed by atoms with van der Waals surface area (Å²) in [6.45, 7) is 0. The van der Waals surface area contributed by atoms with E-state index in [9.17, 15) is 25.5 Å². The normalized spacial score (nSPS) is 11.7. The number of rotatable bonds is 0. The van der Waals surface area contributed by atoms with Crippen molar-refractivity contribution in [3.63, 3.8) is 0 Å². The Morgan fingerprint density at radius 2 is 0.870 bits per heavy atom. The van der Waals surface area contributed by atoms with Crippen LogP contribution in [-0.4, -0.2) is 82.8 Å². The number of hydrogen-bond acceptors (Lipinski definition) is 11. The maximum Gasteiger partial charge on any atom is 0.187 e. The van der Waals surface area contributed by atoms with Crippen LogP contribution in [0.2, 0.25) is 0 Å². The Labute approximate surface area is 267 Å². The van der Waals surface area contributed by atoms with E-state index < -0.39 is 5.75 Å². The lowest BCUT2D eigenvalue weighted by Gasteiger charge is -2.00. The lowest BCUT2D eigenvalue weighted by atomic mass is 10.1. The molecular formula is C32H21AlN8O5. The number of benzene rings is 4. The van der Waals surface area contributed by atoms with Gasteiger partial charge in [-0.15, -0.1) is 0 Å². The van der Waals surface area contributed by atoms with Crippen LogP contribution in [0.3, 0.4) is 0 Å². The quantitative estimate of drug-likeness (QED) is 0.0938. The fourth-order valence-electron chi connectivity index (χ4n) is 5.82. The van der Waals surface area contributed by atoms with Crippen LogP contribution in [0.4, 0.5) is 0 Å². The van der Waals surface area contributed by atoms with Crippen LogP contribution >= 0.6 is 0 Å². The number of hydrogen-bond donors (Lipinski definition) is 7. The molecule has 5 heterocycles. The SMILES string of the molecule is Oc1ccc2c(c1)-c1nc-2nc2[nH]c(nc3nc(nc4[nH]c(n1)c1ccc(O)cc41)-c1ccc(O)cc1-3)c1ccc(O)c(O)c21.[AlH3].